The van der Waals surface area contributed by atoms with E-state index in [1.807, 2.05) is 13.0 Å². The van der Waals surface area contributed by atoms with Crippen molar-refractivity contribution in [2.24, 2.45) is 5.73 Å². The van der Waals surface area contributed by atoms with Crippen molar-refractivity contribution in [3.63, 3.8) is 0 Å². The number of aryl methyl sites for hydroxylation is 1. The minimum Gasteiger partial charge on any atom is -0.377 e. The van der Waals surface area contributed by atoms with Crippen LogP contribution in [-0.4, -0.2) is 30.3 Å². The number of rotatable bonds is 2. The maximum absolute atomic E-state index is 5.80. The molecule has 0 aliphatic carbocycles. The monoisotopic (exact) mass is 235 g/mol. The minimum atomic E-state index is -0.0248. The summed E-state index contributed by atoms with van der Waals surface area (Å²) in [6, 6.07) is 4.09. The Hall–Kier alpha value is -1.13. The summed E-state index contributed by atoms with van der Waals surface area (Å²) in [6.45, 7) is 9.24. The quantitative estimate of drug-likeness (QED) is 0.843. The van der Waals surface area contributed by atoms with Gasteiger partial charge in [0.2, 0.25) is 0 Å². The summed E-state index contributed by atoms with van der Waals surface area (Å²) < 4.78 is 5.54. The molecule has 0 bridgehead atoms. The molecule has 2 heterocycles. The summed E-state index contributed by atoms with van der Waals surface area (Å²) in [5, 5.41) is 0. The van der Waals surface area contributed by atoms with Gasteiger partial charge in [-0.15, -0.1) is 0 Å². The molecule has 0 aromatic carbocycles. The van der Waals surface area contributed by atoms with Gasteiger partial charge in [0.15, 0.2) is 0 Å². The zero-order valence-electron chi connectivity index (χ0n) is 10.9. The van der Waals surface area contributed by atoms with Crippen LogP contribution in [0.4, 0.5) is 5.82 Å². The Morgan fingerprint density at radius 2 is 2.24 bits per heavy atom. The molecule has 0 saturated carbocycles. The highest BCUT2D eigenvalue weighted by atomic mass is 16.5. The zero-order valence-corrected chi connectivity index (χ0v) is 10.9. The largest absolute Gasteiger partial charge is 0.377 e. The third-order valence-electron chi connectivity index (χ3n) is 3.22. The van der Waals surface area contributed by atoms with Crippen LogP contribution in [0.5, 0.6) is 0 Å². The molecule has 0 spiro atoms. The first-order chi connectivity index (χ1) is 8.04. The van der Waals surface area contributed by atoms with Crippen LogP contribution >= 0.6 is 0 Å². The maximum atomic E-state index is 5.80. The van der Waals surface area contributed by atoms with E-state index < -0.39 is 0 Å². The van der Waals surface area contributed by atoms with Crippen LogP contribution in [0.3, 0.4) is 0 Å². The number of hydrogen-bond donors (Lipinski definition) is 1. The lowest BCUT2D eigenvalue weighted by molar-refractivity contribution is 0.0638. The van der Waals surface area contributed by atoms with Crippen LogP contribution in [0.2, 0.25) is 0 Å². The highest BCUT2D eigenvalue weighted by molar-refractivity contribution is 5.50. The third-order valence-corrected chi connectivity index (χ3v) is 3.22. The normalized spacial score (nSPS) is 19.4. The zero-order chi connectivity index (χ0) is 12.5. The molecule has 0 amide bonds. The summed E-state index contributed by atoms with van der Waals surface area (Å²) >= 11 is 0. The first kappa shape index (κ1) is 12.3. The van der Waals surface area contributed by atoms with Crippen LogP contribution in [0.15, 0.2) is 12.1 Å². The molecule has 4 nitrogen and oxygen atoms in total. The molecule has 17 heavy (non-hydrogen) atoms. The third kappa shape index (κ3) is 2.42. The molecule has 1 aromatic heterocycles. The predicted molar refractivity (Wildman–Crippen MR) is 69.1 cm³/mol. The average molecular weight is 235 g/mol. The average Bonchev–Trinajstić information content (AvgIpc) is 2.28. The van der Waals surface area contributed by atoms with Gasteiger partial charge in [-0.1, -0.05) is 6.07 Å². The van der Waals surface area contributed by atoms with Crippen molar-refractivity contribution < 1.29 is 4.74 Å². The van der Waals surface area contributed by atoms with Gasteiger partial charge in [-0.3, -0.25) is 0 Å². The lowest BCUT2D eigenvalue weighted by Crippen LogP contribution is -2.54. The van der Waals surface area contributed by atoms with Crippen LogP contribution in [0.25, 0.3) is 0 Å². The van der Waals surface area contributed by atoms with Gasteiger partial charge in [-0.2, -0.15) is 0 Å². The standard InChI is InChI=1S/C13H21N3O/c1-10-4-5-11(8-14)12(15-10)16-6-7-17-9-13(16,2)3/h4-5H,6-9,14H2,1-3H3. The Kier molecular flexibility index (Phi) is 3.35. The van der Waals surface area contributed by atoms with E-state index in [4.69, 9.17) is 10.5 Å². The van der Waals surface area contributed by atoms with E-state index in [1.165, 1.54) is 0 Å². The van der Waals surface area contributed by atoms with Gasteiger partial charge in [-0.25, -0.2) is 4.98 Å². The molecular formula is C13H21N3O. The number of nitrogens with zero attached hydrogens (tertiary/aromatic N) is 2. The van der Waals surface area contributed by atoms with Crippen molar-refractivity contribution in [2.45, 2.75) is 32.9 Å². The molecular weight excluding hydrogens is 214 g/mol. The van der Waals surface area contributed by atoms with Crippen molar-refractivity contribution in [1.29, 1.82) is 0 Å². The van der Waals surface area contributed by atoms with Gasteiger partial charge in [0.1, 0.15) is 5.82 Å². The molecule has 1 saturated heterocycles. The second-order valence-corrected chi connectivity index (χ2v) is 5.16. The van der Waals surface area contributed by atoms with Crippen molar-refractivity contribution >= 4 is 5.82 Å². The van der Waals surface area contributed by atoms with Gasteiger partial charge < -0.3 is 15.4 Å². The van der Waals surface area contributed by atoms with Crippen LogP contribution in [-0.2, 0) is 11.3 Å². The smallest absolute Gasteiger partial charge is 0.133 e. The summed E-state index contributed by atoms with van der Waals surface area (Å²) in [7, 11) is 0. The molecule has 1 aliphatic rings. The fourth-order valence-electron chi connectivity index (χ4n) is 2.22. The topological polar surface area (TPSA) is 51.4 Å². The van der Waals surface area contributed by atoms with E-state index in [1.54, 1.807) is 0 Å². The summed E-state index contributed by atoms with van der Waals surface area (Å²) in [4.78, 5) is 6.96. The molecule has 4 heteroatoms. The van der Waals surface area contributed by atoms with E-state index in [-0.39, 0.29) is 5.54 Å². The van der Waals surface area contributed by atoms with Gasteiger partial charge in [0.25, 0.3) is 0 Å². The second-order valence-electron chi connectivity index (χ2n) is 5.16. The first-order valence-corrected chi connectivity index (χ1v) is 6.06. The summed E-state index contributed by atoms with van der Waals surface area (Å²) in [5.41, 5.74) is 7.90. The van der Waals surface area contributed by atoms with E-state index in [0.29, 0.717) is 6.54 Å². The Morgan fingerprint density at radius 1 is 1.47 bits per heavy atom. The molecule has 1 aliphatic heterocycles. The molecule has 0 unspecified atom stereocenters. The molecule has 0 atom stereocenters. The number of hydrogen-bond acceptors (Lipinski definition) is 4. The second kappa shape index (κ2) is 4.63. The Bertz CT molecular complexity index is 404. The lowest BCUT2D eigenvalue weighted by atomic mass is 10.0. The van der Waals surface area contributed by atoms with E-state index in [0.717, 1.165) is 36.8 Å². The fraction of sp³-hybridized carbons (Fsp3) is 0.615. The highest BCUT2D eigenvalue weighted by Gasteiger charge is 2.32. The number of morpholine rings is 1. The van der Waals surface area contributed by atoms with E-state index >= 15 is 0 Å². The van der Waals surface area contributed by atoms with E-state index in [2.05, 4.69) is 29.8 Å². The van der Waals surface area contributed by atoms with Gasteiger partial charge in [0, 0.05) is 24.3 Å². The van der Waals surface area contributed by atoms with Crippen LogP contribution < -0.4 is 10.6 Å². The number of nitrogens with two attached hydrogens (primary N) is 1. The number of ether oxygens (including phenoxy) is 1. The van der Waals surface area contributed by atoms with Gasteiger partial charge >= 0.3 is 0 Å². The first-order valence-electron chi connectivity index (χ1n) is 6.06. The Morgan fingerprint density at radius 3 is 2.88 bits per heavy atom. The fourth-order valence-corrected chi connectivity index (χ4v) is 2.22. The van der Waals surface area contributed by atoms with Crippen molar-refractivity contribution in [2.75, 3.05) is 24.7 Å². The molecule has 1 fully saturated rings. The van der Waals surface area contributed by atoms with Crippen LogP contribution in [0.1, 0.15) is 25.1 Å². The van der Waals surface area contributed by atoms with E-state index in [9.17, 15) is 0 Å². The number of anilines is 1. The molecule has 1 aromatic rings. The summed E-state index contributed by atoms with van der Waals surface area (Å²) in [5.74, 6) is 1.01. The van der Waals surface area contributed by atoms with Crippen molar-refractivity contribution in [3.8, 4) is 0 Å². The highest BCUT2D eigenvalue weighted by Crippen LogP contribution is 2.28. The Balaban J connectivity index is 2.40. The maximum Gasteiger partial charge on any atom is 0.133 e. The van der Waals surface area contributed by atoms with Crippen molar-refractivity contribution in [3.05, 3.63) is 23.4 Å². The molecule has 0 radical (unpaired) electrons. The number of pyridine rings is 1. The lowest BCUT2D eigenvalue weighted by Gasteiger charge is -2.43. The van der Waals surface area contributed by atoms with Gasteiger partial charge in [-0.05, 0) is 26.8 Å². The van der Waals surface area contributed by atoms with Crippen molar-refractivity contribution in [1.82, 2.24) is 4.98 Å². The minimum absolute atomic E-state index is 0.0248. The molecule has 94 valence electrons. The SMILES string of the molecule is Cc1ccc(CN)c(N2CCOCC2(C)C)n1. The number of aromatic nitrogens is 1. The Labute approximate surface area is 103 Å². The van der Waals surface area contributed by atoms with Crippen LogP contribution in [0, 0.1) is 6.92 Å². The molecule has 2 N–H and O–H groups in total. The van der Waals surface area contributed by atoms with Gasteiger partial charge in [0.05, 0.1) is 18.8 Å². The molecule has 2 rings (SSSR count). The predicted octanol–water partition coefficient (Wildman–Crippen LogP) is 1.46. The summed E-state index contributed by atoms with van der Waals surface area (Å²) in [6.07, 6.45) is 0.